The highest BCUT2D eigenvalue weighted by molar-refractivity contribution is 5.68. The third-order valence-corrected chi connectivity index (χ3v) is 2.34. The van der Waals surface area contributed by atoms with Gasteiger partial charge in [0.05, 0.1) is 17.6 Å². The minimum absolute atomic E-state index is 0.0334. The van der Waals surface area contributed by atoms with Gasteiger partial charge >= 0.3 is 5.69 Å². The zero-order valence-electron chi connectivity index (χ0n) is 11.5. The number of hydrogen-bond donors (Lipinski definition) is 1. The monoisotopic (exact) mass is 268 g/mol. The molecule has 0 saturated heterocycles. The zero-order chi connectivity index (χ0) is 14.3. The van der Waals surface area contributed by atoms with Crippen LogP contribution in [0.2, 0.25) is 0 Å². The third-order valence-electron chi connectivity index (χ3n) is 2.34. The maximum absolute atomic E-state index is 11.1. The summed E-state index contributed by atoms with van der Waals surface area (Å²) in [5.74, 6) is 0.260. The second-order valence-corrected chi connectivity index (χ2v) is 4.21. The maximum atomic E-state index is 11.1. The lowest BCUT2D eigenvalue weighted by Gasteiger charge is -2.11. The number of hydrogen-bond acceptors (Lipinski definition) is 5. The highest BCUT2D eigenvalue weighted by Gasteiger charge is 2.20. The van der Waals surface area contributed by atoms with E-state index in [4.69, 9.17) is 9.47 Å². The number of nitro groups is 1. The molecule has 0 aliphatic carbocycles. The van der Waals surface area contributed by atoms with E-state index in [2.05, 4.69) is 5.32 Å². The quantitative estimate of drug-likeness (QED) is 0.446. The molecule has 1 aromatic rings. The Morgan fingerprint density at radius 3 is 2.68 bits per heavy atom. The summed E-state index contributed by atoms with van der Waals surface area (Å²) in [4.78, 5) is 10.7. The van der Waals surface area contributed by atoms with Gasteiger partial charge < -0.3 is 14.8 Å². The first-order valence-electron chi connectivity index (χ1n) is 6.32. The Labute approximate surface area is 112 Å². The van der Waals surface area contributed by atoms with Crippen LogP contribution in [0.4, 0.5) is 11.4 Å². The molecule has 0 radical (unpaired) electrons. The number of benzene rings is 1. The van der Waals surface area contributed by atoms with Crippen molar-refractivity contribution < 1.29 is 14.4 Å². The topological polar surface area (TPSA) is 73.6 Å². The van der Waals surface area contributed by atoms with Crippen molar-refractivity contribution in [1.82, 2.24) is 0 Å². The molecule has 0 amide bonds. The van der Waals surface area contributed by atoms with Crippen molar-refractivity contribution in [3.8, 4) is 5.75 Å². The van der Waals surface area contributed by atoms with Crippen LogP contribution in [-0.4, -0.2) is 30.8 Å². The van der Waals surface area contributed by atoms with E-state index >= 15 is 0 Å². The molecule has 0 saturated carbocycles. The minimum Gasteiger partial charge on any atom is -0.484 e. The molecule has 0 heterocycles. The van der Waals surface area contributed by atoms with E-state index in [9.17, 15) is 10.1 Å². The molecule has 1 aromatic carbocycles. The summed E-state index contributed by atoms with van der Waals surface area (Å²) >= 11 is 0. The molecular formula is C13H20N2O4. The van der Waals surface area contributed by atoms with Crippen molar-refractivity contribution in [3.05, 3.63) is 28.3 Å². The number of anilines is 1. The molecule has 0 aliphatic heterocycles. The fraction of sp³-hybridized carbons (Fsp3) is 0.538. The van der Waals surface area contributed by atoms with Gasteiger partial charge in [-0.05, 0) is 32.9 Å². The first-order chi connectivity index (χ1) is 9.06. The predicted molar refractivity (Wildman–Crippen MR) is 73.8 cm³/mol. The SMILES string of the molecule is CCNc1cccc(OCCOC(C)C)c1[N+](=O)[O-]. The van der Waals surface area contributed by atoms with Crippen LogP contribution in [-0.2, 0) is 4.74 Å². The van der Waals surface area contributed by atoms with Crippen molar-refractivity contribution in [2.45, 2.75) is 26.9 Å². The van der Waals surface area contributed by atoms with Gasteiger partial charge in [-0.25, -0.2) is 0 Å². The summed E-state index contributed by atoms with van der Waals surface area (Å²) < 4.78 is 10.8. The lowest BCUT2D eigenvalue weighted by Crippen LogP contribution is -2.12. The Hall–Kier alpha value is -1.82. The number of ether oxygens (including phenoxy) is 2. The Balaban J connectivity index is 2.76. The van der Waals surface area contributed by atoms with Crippen LogP contribution in [0, 0.1) is 10.1 Å². The van der Waals surface area contributed by atoms with Gasteiger partial charge in [-0.2, -0.15) is 0 Å². The van der Waals surface area contributed by atoms with E-state index in [1.807, 2.05) is 20.8 Å². The largest absolute Gasteiger partial charge is 0.484 e. The summed E-state index contributed by atoms with van der Waals surface area (Å²) in [7, 11) is 0. The zero-order valence-corrected chi connectivity index (χ0v) is 11.5. The molecule has 6 nitrogen and oxygen atoms in total. The average Bonchev–Trinajstić information content (AvgIpc) is 2.34. The number of nitro benzene ring substituents is 1. The fourth-order valence-electron chi connectivity index (χ4n) is 1.60. The van der Waals surface area contributed by atoms with Gasteiger partial charge in [0.2, 0.25) is 0 Å². The summed E-state index contributed by atoms with van der Waals surface area (Å²) in [5.41, 5.74) is 0.434. The Morgan fingerprint density at radius 1 is 1.37 bits per heavy atom. The van der Waals surface area contributed by atoms with Gasteiger partial charge in [-0.1, -0.05) is 6.07 Å². The molecule has 1 rings (SSSR count). The molecule has 0 spiro atoms. The van der Waals surface area contributed by atoms with Gasteiger partial charge in [-0.3, -0.25) is 10.1 Å². The molecular weight excluding hydrogens is 248 g/mol. The van der Waals surface area contributed by atoms with Crippen molar-refractivity contribution in [2.75, 3.05) is 25.1 Å². The second-order valence-electron chi connectivity index (χ2n) is 4.21. The van der Waals surface area contributed by atoms with Crippen LogP contribution in [0.25, 0.3) is 0 Å². The lowest BCUT2D eigenvalue weighted by molar-refractivity contribution is -0.385. The third kappa shape index (κ3) is 4.75. The molecule has 106 valence electrons. The van der Waals surface area contributed by atoms with Crippen LogP contribution in [0.5, 0.6) is 5.75 Å². The lowest BCUT2D eigenvalue weighted by atomic mass is 10.2. The molecule has 6 heteroatoms. The average molecular weight is 268 g/mol. The van der Waals surface area contributed by atoms with Crippen molar-refractivity contribution in [2.24, 2.45) is 0 Å². The molecule has 0 atom stereocenters. The van der Waals surface area contributed by atoms with Gasteiger partial charge in [0.15, 0.2) is 5.75 Å². The number of nitrogens with zero attached hydrogens (tertiary/aromatic N) is 1. The van der Waals surface area contributed by atoms with Gasteiger partial charge in [0.25, 0.3) is 0 Å². The van der Waals surface area contributed by atoms with Crippen LogP contribution >= 0.6 is 0 Å². The molecule has 0 aromatic heterocycles. The highest BCUT2D eigenvalue weighted by atomic mass is 16.6. The Morgan fingerprint density at radius 2 is 2.11 bits per heavy atom. The highest BCUT2D eigenvalue weighted by Crippen LogP contribution is 2.34. The summed E-state index contributed by atoms with van der Waals surface area (Å²) in [5, 5.41) is 14.1. The van der Waals surface area contributed by atoms with Crippen molar-refractivity contribution in [1.29, 1.82) is 0 Å². The first kappa shape index (κ1) is 15.2. The first-order valence-corrected chi connectivity index (χ1v) is 6.32. The van der Waals surface area contributed by atoms with E-state index in [0.717, 1.165) is 0 Å². The summed E-state index contributed by atoms with van der Waals surface area (Å²) in [6.07, 6.45) is 0.117. The van der Waals surface area contributed by atoms with E-state index < -0.39 is 4.92 Å². The molecule has 0 aliphatic rings. The number of para-hydroxylation sites is 1. The molecule has 1 N–H and O–H groups in total. The van der Waals surface area contributed by atoms with Gasteiger partial charge in [0, 0.05) is 6.54 Å². The van der Waals surface area contributed by atoms with Crippen LogP contribution < -0.4 is 10.1 Å². The van der Waals surface area contributed by atoms with Crippen molar-refractivity contribution in [3.63, 3.8) is 0 Å². The fourth-order valence-corrected chi connectivity index (χ4v) is 1.60. The van der Waals surface area contributed by atoms with E-state index in [1.165, 1.54) is 0 Å². The number of nitrogens with one attached hydrogen (secondary N) is 1. The van der Waals surface area contributed by atoms with Gasteiger partial charge in [0.1, 0.15) is 12.3 Å². The maximum Gasteiger partial charge on any atom is 0.333 e. The molecule has 0 bridgehead atoms. The van der Waals surface area contributed by atoms with Crippen molar-refractivity contribution >= 4 is 11.4 Å². The molecule has 0 unspecified atom stereocenters. The minimum atomic E-state index is -0.434. The summed E-state index contributed by atoms with van der Waals surface area (Å²) in [6, 6.07) is 4.98. The standard InChI is InChI=1S/C13H20N2O4/c1-4-14-11-6-5-7-12(13(11)15(16)17)19-9-8-18-10(2)3/h5-7,10,14H,4,8-9H2,1-3H3. The Bertz CT molecular complexity index is 421. The van der Waals surface area contributed by atoms with Crippen LogP contribution in [0.15, 0.2) is 18.2 Å². The van der Waals surface area contributed by atoms with E-state index in [0.29, 0.717) is 18.8 Å². The van der Waals surface area contributed by atoms with Gasteiger partial charge in [-0.15, -0.1) is 0 Å². The summed E-state index contributed by atoms with van der Waals surface area (Å²) in [6.45, 7) is 7.03. The second kappa shape index (κ2) is 7.58. The predicted octanol–water partition coefficient (Wildman–Crippen LogP) is 2.83. The molecule has 19 heavy (non-hydrogen) atoms. The van der Waals surface area contributed by atoms with Crippen LogP contribution in [0.3, 0.4) is 0 Å². The normalized spacial score (nSPS) is 10.5. The Kier molecular flexibility index (Phi) is 6.08. The number of rotatable bonds is 8. The van der Waals surface area contributed by atoms with E-state index in [-0.39, 0.29) is 24.1 Å². The smallest absolute Gasteiger partial charge is 0.333 e. The molecule has 0 fully saturated rings. The van der Waals surface area contributed by atoms with Crippen LogP contribution in [0.1, 0.15) is 20.8 Å². The van der Waals surface area contributed by atoms with E-state index in [1.54, 1.807) is 18.2 Å².